The zero-order chi connectivity index (χ0) is 15.7. The van der Waals surface area contributed by atoms with Gasteiger partial charge in [-0.2, -0.15) is 0 Å². The third-order valence-electron chi connectivity index (χ3n) is 5.40. The Bertz CT molecular complexity index is 257. The van der Waals surface area contributed by atoms with E-state index < -0.39 is 0 Å². The number of hydrogen-bond acceptors (Lipinski definition) is 2. The normalized spacial score (nSPS) is 23.0. The second-order valence-electron chi connectivity index (χ2n) is 8.21. The minimum atomic E-state index is 0.407. The van der Waals surface area contributed by atoms with Gasteiger partial charge in [-0.3, -0.25) is 0 Å². The first kappa shape index (κ1) is 19.0. The molecule has 2 nitrogen and oxygen atoms in total. The Labute approximate surface area is 133 Å². The molecule has 2 unspecified atom stereocenters. The van der Waals surface area contributed by atoms with E-state index in [1.54, 1.807) is 0 Å². The van der Waals surface area contributed by atoms with E-state index in [4.69, 9.17) is 5.73 Å². The van der Waals surface area contributed by atoms with Gasteiger partial charge < -0.3 is 10.6 Å². The van der Waals surface area contributed by atoms with Crippen molar-refractivity contribution in [3.05, 3.63) is 0 Å². The van der Waals surface area contributed by atoms with E-state index in [2.05, 4.69) is 32.6 Å². The van der Waals surface area contributed by atoms with Gasteiger partial charge in [-0.1, -0.05) is 40.5 Å². The summed E-state index contributed by atoms with van der Waals surface area (Å²) in [4.78, 5) is 2.72. The van der Waals surface area contributed by atoms with Crippen LogP contribution in [-0.4, -0.2) is 31.1 Å². The van der Waals surface area contributed by atoms with Gasteiger partial charge in [0.25, 0.3) is 0 Å². The molecule has 1 fully saturated rings. The summed E-state index contributed by atoms with van der Waals surface area (Å²) in [6.45, 7) is 14.2. The van der Waals surface area contributed by atoms with Crippen molar-refractivity contribution in [2.75, 3.05) is 26.2 Å². The highest BCUT2D eigenvalue weighted by atomic mass is 15.1. The van der Waals surface area contributed by atoms with Crippen LogP contribution in [0.5, 0.6) is 0 Å². The SMILES string of the molecule is CCCC1CCCN(CCCC(CCN)C(C)(C)C)CC1. The van der Waals surface area contributed by atoms with Crippen LogP contribution in [0.3, 0.4) is 0 Å². The van der Waals surface area contributed by atoms with E-state index >= 15 is 0 Å². The molecule has 0 aromatic carbocycles. The quantitative estimate of drug-likeness (QED) is 0.704. The van der Waals surface area contributed by atoms with Crippen molar-refractivity contribution in [3.8, 4) is 0 Å². The standard InChI is InChI=1S/C19H40N2/c1-5-8-17-9-6-14-21(16-12-17)15-7-10-18(11-13-20)19(2,3)4/h17-18H,5-16,20H2,1-4H3. The van der Waals surface area contributed by atoms with E-state index in [0.717, 1.165) is 18.4 Å². The van der Waals surface area contributed by atoms with Gasteiger partial charge in [-0.05, 0) is 82.0 Å². The highest BCUT2D eigenvalue weighted by Crippen LogP contribution is 2.32. The third-order valence-corrected chi connectivity index (χ3v) is 5.40. The first-order valence-electron chi connectivity index (χ1n) is 9.39. The number of hydrogen-bond donors (Lipinski definition) is 1. The fourth-order valence-electron chi connectivity index (χ4n) is 3.92. The highest BCUT2D eigenvalue weighted by Gasteiger charge is 2.24. The van der Waals surface area contributed by atoms with Gasteiger partial charge >= 0.3 is 0 Å². The molecule has 1 rings (SSSR count). The average molecular weight is 297 g/mol. The fourth-order valence-corrected chi connectivity index (χ4v) is 3.92. The molecule has 1 aliphatic rings. The van der Waals surface area contributed by atoms with E-state index in [0.29, 0.717) is 5.41 Å². The Morgan fingerprint density at radius 3 is 2.52 bits per heavy atom. The monoisotopic (exact) mass is 296 g/mol. The van der Waals surface area contributed by atoms with Gasteiger partial charge in [0.05, 0.1) is 0 Å². The molecule has 1 saturated heterocycles. The van der Waals surface area contributed by atoms with Crippen molar-refractivity contribution >= 4 is 0 Å². The number of nitrogens with zero attached hydrogens (tertiary/aromatic N) is 1. The van der Waals surface area contributed by atoms with Gasteiger partial charge in [-0.15, -0.1) is 0 Å². The minimum Gasteiger partial charge on any atom is -0.330 e. The van der Waals surface area contributed by atoms with Crippen molar-refractivity contribution in [1.29, 1.82) is 0 Å². The van der Waals surface area contributed by atoms with E-state index in [1.807, 2.05) is 0 Å². The van der Waals surface area contributed by atoms with Crippen LogP contribution in [0.4, 0.5) is 0 Å². The minimum absolute atomic E-state index is 0.407. The van der Waals surface area contributed by atoms with Crippen LogP contribution in [0.15, 0.2) is 0 Å². The molecular weight excluding hydrogens is 256 g/mol. The molecule has 0 bridgehead atoms. The molecule has 2 N–H and O–H groups in total. The summed E-state index contributed by atoms with van der Waals surface area (Å²) in [6, 6.07) is 0. The maximum Gasteiger partial charge on any atom is -0.00161 e. The second kappa shape index (κ2) is 9.84. The van der Waals surface area contributed by atoms with E-state index in [-0.39, 0.29) is 0 Å². The average Bonchev–Trinajstić information content (AvgIpc) is 2.63. The van der Waals surface area contributed by atoms with Gasteiger partial charge in [-0.25, -0.2) is 0 Å². The summed E-state index contributed by atoms with van der Waals surface area (Å²) in [5.41, 5.74) is 6.20. The van der Waals surface area contributed by atoms with Crippen LogP contribution >= 0.6 is 0 Å². The lowest BCUT2D eigenvalue weighted by atomic mass is 9.76. The lowest BCUT2D eigenvalue weighted by Crippen LogP contribution is -2.28. The molecule has 0 aliphatic carbocycles. The summed E-state index contributed by atoms with van der Waals surface area (Å²) in [5.74, 6) is 1.78. The fraction of sp³-hybridized carbons (Fsp3) is 1.00. The summed E-state index contributed by atoms with van der Waals surface area (Å²) < 4.78 is 0. The predicted octanol–water partition coefficient (Wildman–Crippen LogP) is 4.68. The Hall–Kier alpha value is -0.0800. The Morgan fingerprint density at radius 2 is 1.90 bits per heavy atom. The van der Waals surface area contributed by atoms with Crippen molar-refractivity contribution < 1.29 is 0 Å². The van der Waals surface area contributed by atoms with E-state index in [9.17, 15) is 0 Å². The molecule has 0 spiro atoms. The molecule has 126 valence electrons. The van der Waals surface area contributed by atoms with Crippen LogP contribution in [0.1, 0.15) is 79.1 Å². The smallest absolute Gasteiger partial charge is 0.00161 e. The Morgan fingerprint density at radius 1 is 1.14 bits per heavy atom. The Kier molecular flexibility index (Phi) is 8.89. The topological polar surface area (TPSA) is 29.3 Å². The zero-order valence-electron chi connectivity index (χ0n) is 15.2. The third kappa shape index (κ3) is 7.65. The van der Waals surface area contributed by atoms with Crippen LogP contribution in [0, 0.1) is 17.3 Å². The van der Waals surface area contributed by atoms with Crippen molar-refractivity contribution in [3.63, 3.8) is 0 Å². The number of nitrogens with two attached hydrogens (primary N) is 1. The van der Waals surface area contributed by atoms with Gasteiger partial charge in [0, 0.05) is 0 Å². The molecule has 0 saturated carbocycles. The molecular formula is C19H40N2. The van der Waals surface area contributed by atoms with Gasteiger partial charge in [0.15, 0.2) is 0 Å². The van der Waals surface area contributed by atoms with Crippen LogP contribution < -0.4 is 5.73 Å². The van der Waals surface area contributed by atoms with Crippen LogP contribution in [0.25, 0.3) is 0 Å². The Balaban J connectivity index is 2.28. The number of rotatable bonds is 8. The van der Waals surface area contributed by atoms with Crippen molar-refractivity contribution in [2.24, 2.45) is 23.0 Å². The zero-order valence-corrected chi connectivity index (χ0v) is 15.2. The summed E-state index contributed by atoms with van der Waals surface area (Å²) in [5, 5.41) is 0. The molecule has 0 aromatic heterocycles. The first-order chi connectivity index (χ1) is 9.97. The molecule has 2 heteroatoms. The number of likely N-dealkylation sites (tertiary alicyclic amines) is 1. The lowest BCUT2D eigenvalue weighted by Gasteiger charge is -2.31. The highest BCUT2D eigenvalue weighted by molar-refractivity contribution is 4.76. The van der Waals surface area contributed by atoms with Gasteiger partial charge in [0.1, 0.15) is 0 Å². The van der Waals surface area contributed by atoms with Crippen LogP contribution in [0.2, 0.25) is 0 Å². The van der Waals surface area contributed by atoms with Crippen LogP contribution in [-0.2, 0) is 0 Å². The molecule has 1 aliphatic heterocycles. The molecule has 21 heavy (non-hydrogen) atoms. The lowest BCUT2D eigenvalue weighted by molar-refractivity contribution is 0.194. The first-order valence-corrected chi connectivity index (χ1v) is 9.39. The summed E-state index contributed by atoms with van der Waals surface area (Å²) >= 11 is 0. The molecule has 0 amide bonds. The largest absolute Gasteiger partial charge is 0.330 e. The molecule has 1 heterocycles. The second-order valence-corrected chi connectivity index (χ2v) is 8.21. The summed E-state index contributed by atoms with van der Waals surface area (Å²) in [7, 11) is 0. The predicted molar refractivity (Wildman–Crippen MR) is 94.5 cm³/mol. The van der Waals surface area contributed by atoms with E-state index in [1.165, 1.54) is 71.0 Å². The molecule has 0 radical (unpaired) electrons. The van der Waals surface area contributed by atoms with Crippen molar-refractivity contribution in [1.82, 2.24) is 4.90 Å². The maximum absolute atomic E-state index is 5.79. The molecule has 0 aromatic rings. The van der Waals surface area contributed by atoms with Crippen molar-refractivity contribution in [2.45, 2.75) is 79.1 Å². The maximum atomic E-state index is 5.79. The van der Waals surface area contributed by atoms with Gasteiger partial charge in [0.2, 0.25) is 0 Å². The molecule has 2 atom stereocenters. The summed E-state index contributed by atoms with van der Waals surface area (Å²) in [6.07, 6.45) is 11.0.